The standard InChI is InChI=1S/C13H15F3N2O3/c1-3-18(7-11(19)17-2)10-5-4-8(12(20)21)6-9(10)13(14,15)16/h4-6H,3,7H2,1-2H3,(H,17,19)(H,20,21). The van der Waals surface area contributed by atoms with E-state index in [1.54, 1.807) is 6.92 Å². The van der Waals surface area contributed by atoms with Crippen molar-refractivity contribution in [2.24, 2.45) is 0 Å². The van der Waals surface area contributed by atoms with Crippen LogP contribution in [0.2, 0.25) is 0 Å². The van der Waals surface area contributed by atoms with Gasteiger partial charge in [0.25, 0.3) is 0 Å². The number of carboxylic acids is 1. The Labute approximate surface area is 119 Å². The minimum Gasteiger partial charge on any atom is -0.478 e. The van der Waals surface area contributed by atoms with Gasteiger partial charge in [-0.15, -0.1) is 0 Å². The number of aromatic carboxylic acids is 1. The average molecular weight is 304 g/mol. The summed E-state index contributed by atoms with van der Waals surface area (Å²) in [5.74, 6) is -1.88. The van der Waals surface area contributed by atoms with Crippen LogP contribution in [-0.4, -0.2) is 37.1 Å². The number of benzene rings is 1. The van der Waals surface area contributed by atoms with Crippen molar-refractivity contribution in [3.8, 4) is 0 Å². The number of nitrogens with zero attached hydrogens (tertiary/aromatic N) is 1. The van der Waals surface area contributed by atoms with Gasteiger partial charge < -0.3 is 15.3 Å². The van der Waals surface area contributed by atoms with Crippen LogP contribution in [-0.2, 0) is 11.0 Å². The Bertz CT molecular complexity index is 544. The summed E-state index contributed by atoms with van der Waals surface area (Å²) in [5, 5.41) is 11.1. The quantitative estimate of drug-likeness (QED) is 0.872. The van der Waals surface area contributed by atoms with E-state index in [4.69, 9.17) is 5.11 Å². The van der Waals surface area contributed by atoms with E-state index in [-0.39, 0.29) is 18.8 Å². The molecule has 116 valence electrons. The van der Waals surface area contributed by atoms with Gasteiger partial charge in [0.1, 0.15) is 0 Å². The number of hydrogen-bond donors (Lipinski definition) is 2. The Kier molecular flexibility index (Phi) is 5.17. The van der Waals surface area contributed by atoms with Crippen molar-refractivity contribution >= 4 is 17.6 Å². The van der Waals surface area contributed by atoms with E-state index >= 15 is 0 Å². The molecule has 0 aliphatic rings. The maximum atomic E-state index is 13.1. The summed E-state index contributed by atoms with van der Waals surface area (Å²) in [6.45, 7) is 1.53. The molecule has 21 heavy (non-hydrogen) atoms. The van der Waals surface area contributed by atoms with Crippen LogP contribution in [0.15, 0.2) is 18.2 Å². The summed E-state index contributed by atoms with van der Waals surface area (Å²) < 4.78 is 39.3. The molecule has 0 fully saturated rings. The summed E-state index contributed by atoms with van der Waals surface area (Å²) >= 11 is 0. The minimum atomic E-state index is -4.71. The van der Waals surface area contributed by atoms with Gasteiger partial charge in [-0.05, 0) is 25.1 Å². The van der Waals surface area contributed by atoms with E-state index in [2.05, 4.69) is 5.32 Å². The van der Waals surface area contributed by atoms with Crippen molar-refractivity contribution < 1.29 is 27.9 Å². The summed E-state index contributed by atoms with van der Waals surface area (Å²) in [4.78, 5) is 23.4. The molecule has 0 saturated carbocycles. The van der Waals surface area contributed by atoms with Crippen LogP contribution in [0, 0.1) is 0 Å². The maximum absolute atomic E-state index is 13.1. The lowest BCUT2D eigenvalue weighted by molar-refractivity contribution is -0.137. The first-order chi connectivity index (χ1) is 9.70. The molecule has 0 radical (unpaired) electrons. The number of alkyl halides is 3. The molecule has 0 bridgehead atoms. The predicted molar refractivity (Wildman–Crippen MR) is 70.4 cm³/mol. The van der Waals surface area contributed by atoms with E-state index in [1.165, 1.54) is 11.9 Å². The highest BCUT2D eigenvalue weighted by atomic mass is 19.4. The fourth-order valence-corrected chi connectivity index (χ4v) is 1.79. The third-order valence-corrected chi connectivity index (χ3v) is 2.88. The molecule has 2 N–H and O–H groups in total. The Hall–Kier alpha value is -2.25. The molecule has 0 heterocycles. The van der Waals surface area contributed by atoms with E-state index in [9.17, 15) is 22.8 Å². The summed E-state index contributed by atoms with van der Waals surface area (Å²) in [6.07, 6.45) is -4.71. The number of carbonyl (C=O) groups excluding carboxylic acids is 1. The molecule has 0 aliphatic carbocycles. The van der Waals surface area contributed by atoms with Crippen LogP contribution in [0.3, 0.4) is 0 Å². The molecular weight excluding hydrogens is 289 g/mol. The fourth-order valence-electron chi connectivity index (χ4n) is 1.79. The number of hydrogen-bond acceptors (Lipinski definition) is 3. The molecule has 8 heteroatoms. The largest absolute Gasteiger partial charge is 0.478 e. The smallest absolute Gasteiger partial charge is 0.418 e. The van der Waals surface area contributed by atoms with E-state index in [0.29, 0.717) is 6.07 Å². The van der Waals surface area contributed by atoms with Crippen LogP contribution in [0.25, 0.3) is 0 Å². The van der Waals surface area contributed by atoms with Gasteiger partial charge in [-0.25, -0.2) is 4.79 Å². The highest BCUT2D eigenvalue weighted by Gasteiger charge is 2.35. The van der Waals surface area contributed by atoms with Crippen LogP contribution in [0.5, 0.6) is 0 Å². The second kappa shape index (κ2) is 6.47. The van der Waals surface area contributed by atoms with Crippen molar-refractivity contribution in [1.82, 2.24) is 5.32 Å². The maximum Gasteiger partial charge on any atom is 0.418 e. The minimum absolute atomic E-state index is 0.170. The number of carbonyl (C=O) groups is 2. The zero-order chi connectivity index (χ0) is 16.2. The second-order valence-corrected chi connectivity index (χ2v) is 4.22. The number of halogens is 3. The number of carboxylic acid groups (broad SMARTS) is 1. The van der Waals surface area contributed by atoms with Gasteiger partial charge in [0.2, 0.25) is 5.91 Å². The van der Waals surface area contributed by atoms with Crippen LogP contribution in [0.1, 0.15) is 22.8 Å². The summed E-state index contributed by atoms with van der Waals surface area (Å²) in [6, 6.07) is 2.72. The molecule has 0 aromatic heterocycles. The summed E-state index contributed by atoms with van der Waals surface area (Å²) in [7, 11) is 1.38. The first kappa shape index (κ1) is 16.8. The van der Waals surface area contributed by atoms with Crippen LogP contribution >= 0.6 is 0 Å². The molecule has 0 atom stereocenters. The van der Waals surface area contributed by atoms with E-state index in [1.807, 2.05) is 0 Å². The molecule has 5 nitrogen and oxygen atoms in total. The van der Waals surface area contributed by atoms with Crippen LogP contribution in [0.4, 0.5) is 18.9 Å². The molecule has 1 rings (SSSR count). The predicted octanol–water partition coefficient (Wildman–Crippen LogP) is 1.98. The monoisotopic (exact) mass is 304 g/mol. The van der Waals surface area contributed by atoms with Gasteiger partial charge in [-0.1, -0.05) is 0 Å². The van der Waals surface area contributed by atoms with Crippen molar-refractivity contribution in [3.63, 3.8) is 0 Å². The zero-order valence-electron chi connectivity index (χ0n) is 11.5. The van der Waals surface area contributed by atoms with Gasteiger partial charge in [-0.3, -0.25) is 4.79 Å². The Morgan fingerprint density at radius 3 is 2.38 bits per heavy atom. The Morgan fingerprint density at radius 2 is 1.95 bits per heavy atom. The Morgan fingerprint density at radius 1 is 1.33 bits per heavy atom. The van der Waals surface area contributed by atoms with Gasteiger partial charge in [0.05, 0.1) is 17.7 Å². The number of likely N-dealkylation sites (N-methyl/N-ethyl adjacent to an activating group) is 2. The molecule has 0 saturated heterocycles. The molecular formula is C13H15F3N2O3. The molecule has 0 spiro atoms. The highest BCUT2D eigenvalue weighted by Crippen LogP contribution is 2.37. The van der Waals surface area contributed by atoms with Gasteiger partial charge in [-0.2, -0.15) is 13.2 Å². The first-order valence-corrected chi connectivity index (χ1v) is 6.10. The number of rotatable bonds is 5. The average Bonchev–Trinajstić information content (AvgIpc) is 2.42. The lowest BCUT2D eigenvalue weighted by atomic mass is 10.1. The normalized spacial score (nSPS) is 11.1. The van der Waals surface area contributed by atoms with Crippen molar-refractivity contribution in [3.05, 3.63) is 29.3 Å². The van der Waals surface area contributed by atoms with Crippen molar-refractivity contribution in [2.45, 2.75) is 13.1 Å². The number of amides is 1. The van der Waals surface area contributed by atoms with Crippen molar-refractivity contribution in [2.75, 3.05) is 25.0 Å². The SMILES string of the molecule is CCN(CC(=O)NC)c1ccc(C(=O)O)cc1C(F)(F)F. The van der Waals surface area contributed by atoms with E-state index < -0.39 is 29.2 Å². The first-order valence-electron chi connectivity index (χ1n) is 6.10. The molecule has 1 amide bonds. The highest BCUT2D eigenvalue weighted by molar-refractivity contribution is 5.89. The molecule has 0 aliphatic heterocycles. The molecule has 1 aromatic carbocycles. The van der Waals surface area contributed by atoms with Crippen LogP contribution < -0.4 is 10.2 Å². The number of anilines is 1. The lowest BCUT2D eigenvalue weighted by Gasteiger charge is -2.26. The lowest BCUT2D eigenvalue weighted by Crippen LogP contribution is -2.36. The molecule has 0 unspecified atom stereocenters. The van der Waals surface area contributed by atoms with Gasteiger partial charge in [0, 0.05) is 19.3 Å². The second-order valence-electron chi connectivity index (χ2n) is 4.22. The third-order valence-electron chi connectivity index (χ3n) is 2.88. The van der Waals surface area contributed by atoms with Crippen molar-refractivity contribution in [1.29, 1.82) is 0 Å². The topological polar surface area (TPSA) is 69.6 Å². The molecule has 1 aromatic rings. The van der Waals surface area contributed by atoms with E-state index in [0.717, 1.165) is 12.1 Å². The zero-order valence-corrected chi connectivity index (χ0v) is 11.5. The Balaban J connectivity index is 3.32. The number of nitrogens with one attached hydrogen (secondary N) is 1. The van der Waals surface area contributed by atoms with Gasteiger partial charge >= 0.3 is 12.1 Å². The third kappa shape index (κ3) is 4.11. The summed E-state index contributed by atoms with van der Waals surface area (Å²) in [5.41, 5.74) is -1.76. The fraction of sp³-hybridized carbons (Fsp3) is 0.385. The van der Waals surface area contributed by atoms with Gasteiger partial charge in [0.15, 0.2) is 0 Å².